The van der Waals surface area contributed by atoms with Crippen LogP contribution in [0.3, 0.4) is 0 Å². The molecule has 0 aromatic heterocycles. The molecule has 4 aliphatic carbocycles. The topological polar surface area (TPSA) is 52.6 Å². The van der Waals surface area contributed by atoms with E-state index in [0.717, 1.165) is 30.6 Å². The molecule has 0 amide bonds. The molecule has 0 radical (unpaired) electrons. The minimum absolute atomic E-state index is 0.0325. The van der Waals surface area contributed by atoms with Crippen molar-refractivity contribution in [2.45, 2.75) is 105 Å². The fourth-order valence-electron chi connectivity index (χ4n) is 8.72. The van der Waals surface area contributed by atoms with Gasteiger partial charge in [-0.2, -0.15) is 0 Å². The highest BCUT2D eigenvalue weighted by Crippen LogP contribution is 2.68. The quantitative estimate of drug-likeness (QED) is 0.581. The number of hydrogen-bond donors (Lipinski definition) is 0. The molecule has 4 saturated carbocycles. The molecular formula is C25H40O4. The third-order valence-electron chi connectivity index (χ3n) is 9.94. The molecule has 0 bridgehead atoms. The molecule has 0 spiro atoms. The van der Waals surface area contributed by atoms with Crippen molar-refractivity contribution in [3.63, 3.8) is 0 Å². The maximum absolute atomic E-state index is 11.5. The molecule has 4 heteroatoms. The maximum atomic E-state index is 11.5. The minimum Gasteiger partial charge on any atom is -0.463 e. The van der Waals surface area contributed by atoms with E-state index < -0.39 is 0 Å². The van der Waals surface area contributed by atoms with Crippen LogP contribution in [0, 0.1) is 40.4 Å². The van der Waals surface area contributed by atoms with E-state index in [4.69, 9.17) is 9.47 Å². The van der Waals surface area contributed by atoms with Gasteiger partial charge in [-0.25, -0.2) is 0 Å². The smallest absolute Gasteiger partial charge is 0.302 e. The Bertz CT molecular complexity index is 659. The summed E-state index contributed by atoms with van der Waals surface area (Å²) in [5, 5.41) is 0. The van der Waals surface area contributed by atoms with Gasteiger partial charge in [0.05, 0.1) is 0 Å². The summed E-state index contributed by atoms with van der Waals surface area (Å²) in [6, 6.07) is 0. The molecule has 4 nitrogen and oxygen atoms in total. The van der Waals surface area contributed by atoms with E-state index in [1.165, 1.54) is 51.9 Å². The second-order valence-corrected chi connectivity index (χ2v) is 11.2. The van der Waals surface area contributed by atoms with Crippen molar-refractivity contribution >= 4 is 11.9 Å². The van der Waals surface area contributed by atoms with E-state index >= 15 is 0 Å². The number of carbonyl (C=O) groups is 2. The average Bonchev–Trinajstić information content (AvgIpc) is 2.98. The summed E-state index contributed by atoms with van der Waals surface area (Å²) in [5.74, 6) is 3.32. The summed E-state index contributed by atoms with van der Waals surface area (Å²) in [7, 11) is 0. The lowest BCUT2D eigenvalue weighted by molar-refractivity contribution is -0.164. The van der Waals surface area contributed by atoms with E-state index in [2.05, 4.69) is 20.8 Å². The van der Waals surface area contributed by atoms with Crippen molar-refractivity contribution in [1.29, 1.82) is 0 Å². The van der Waals surface area contributed by atoms with Gasteiger partial charge < -0.3 is 9.47 Å². The zero-order chi connectivity index (χ0) is 21.0. The van der Waals surface area contributed by atoms with Crippen LogP contribution in [0.4, 0.5) is 0 Å². The lowest BCUT2D eigenvalue weighted by atomic mass is 9.44. The van der Waals surface area contributed by atoms with E-state index in [1.54, 1.807) is 6.92 Å². The molecule has 164 valence electrons. The van der Waals surface area contributed by atoms with Crippen molar-refractivity contribution < 1.29 is 19.1 Å². The number of esters is 2. The standard InChI is InChI=1S/C25H40O4/c1-15(28-16(2)26)21-8-9-22-20-7-6-18-14-19(29-17(3)27)10-12-24(18,4)23(20)11-13-25(21,22)5/h15,18-23H,6-14H2,1-5H3/t15-,18+,19+,20+,21-,22+,23+,24+,25-/m1/s1. The third-order valence-corrected chi connectivity index (χ3v) is 9.94. The second-order valence-electron chi connectivity index (χ2n) is 11.2. The van der Waals surface area contributed by atoms with Crippen LogP contribution in [0.5, 0.6) is 0 Å². The molecule has 4 aliphatic rings. The van der Waals surface area contributed by atoms with Crippen LogP contribution < -0.4 is 0 Å². The maximum Gasteiger partial charge on any atom is 0.302 e. The first-order valence-corrected chi connectivity index (χ1v) is 12.0. The Morgan fingerprint density at radius 1 is 0.862 bits per heavy atom. The molecule has 29 heavy (non-hydrogen) atoms. The number of ether oxygens (including phenoxy) is 2. The van der Waals surface area contributed by atoms with Crippen molar-refractivity contribution in [3.05, 3.63) is 0 Å². The Labute approximate surface area is 176 Å². The summed E-state index contributed by atoms with van der Waals surface area (Å²) in [6.07, 6.45) is 11.2. The van der Waals surface area contributed by atoms with Crippen LogP contribution in [0.2, 0.25) is 0 Å². The molecule has 0 saturated heterocycles. The molecule has 4 rings (SSSR count). The molecule has 0 aromatic carbocycles. The molecular weight excluding hydrogens is 364 g/mol. The zero-order valence-electron chi connectivity index (χ0n) is 19.0. The second kappa shape index (κ2) is 7.57. The van der Waals surface area contributed by atoms with Crippen LogP contribution in [0.15, 0.2) is 0 Å². The van der Waals surface area contributed by atoms with Gasteiger partial charge in [-0.15, -0.1) is 0 Å². The minimum atomic E-state index is -0.143. The summed E-state index contributed by atoms with van der Waals surface area (Å²) in [6.45, 7) is 10.2. The van der Waals surface area contributed by atoms with Gasteiger partial charge in [0.15, 0.2) is 0 Å². The average molecular weight is 405 g/mol. The van der Waals surface area contributed by atoms with Gasteiger partial charge in [0, 0.05) is 19.8 Å². The zero-order valence-corrected chi connectivity index (χ0v) is 19.0. The number of carbonyl (C=O) groups excluding carboxylic acids is 2. The molecule has 0 heterocycles. The van der Waals surface area contributed by atoms with Gasteiger partial charge in [0.2, 0.25) is 0 Å². The Hall–Kier alpha value is -1.06. The number of fused-ring (bicyclic) bond motifs is 5. The van der Waals surface area contributed by atoms with Gasteiger partial charge in [-0.05, 0) is 99.2 Å². The SMILES string of the molecule is CC(=O)O[C@H]1CC[C@@]2(C)[C@@H](CC[C@@H]3[C@@H]2CC[C@]2(C)[C@@H]([C@@H](C)OC(C)=O)CC[C@@H]32)C1. The van der Waals surface area contributed by atoms with Crippen molar-refractivity contribution in [3.8, 4) is 0 Å². The van der Waals surface area contributed by atoms with Crippen molar-refractivity contribution in [2.75, 3.05) is 0 Å². The fourth-order valence-corrected chi connectivity index (χ4v) is 8.72. The van der Waals surface area contributed by atoms with Crippen LogP contribution in [-0.4, -0.2) is 24.1 Å². The van der Waals surface area contributed by atoms with Gasteiger partial charge in [-0.1, -0.05) is 13.8 Å². The summed E-state index contributed by atoms with van der Waals surface area (Å²) in [4.78, 5) is 23.0. The predicted molar refractivity (Wildman–Crippen MR) is 112 cm³/mol. The first-order chi connectivity index (χ1) is 13.6. The van der Waals surface area contributed by atoms with E-state index in [9.17, 15) is 9.59 Å². The Balaban J connectivity index is 1.50. The third kappa shape index (κ3) is 3.53. The van der Waals surface area contributed by atoms with Gasteiger partial charge in [0.1, 0.15) is 12.2 Å². The molecule has 0 N–H and O–H groups in total. The van der Waals surface area contributed by atoms with Gasteiger partial charge in [0.25, 0.3) is 0 Å². The summed E-state index contributed by atoms with van der Waals surface area (Å²) in [5.41, 5.74) is 0.717. The highest BCUT2D eigenvalue weighted by molar-refractivity contribution is 5.66. The van der Waals surface area contributed by atoms with Gasteiger partial charge in [-0.3, -0.25) is 9.59 Å². The highest BCUT2D eigenvalue weighted by Gasteiger charge is 2.61. The fraction of sp³-hybridized carbons (Fsp3) is 0.920. The van der Waals surface area contributed by atoms with Crippen LogP contribution >= 0.6 is 0 Å². The molecule has 0 aliphatic heterocycles. The molecule has 0 unspecified atom stereocenters. The Morgan fingerprint density at radius 3 is 2.24 bits per heavy atom. The number of hydrogen-bond acceptors (Lipinski definition) is 4. The van der Waals surface area contributed by atoms with Gasteiger partial charge >= 0.3 is 11.9 Å². The Kier molecular flexibility index (Phi) is 5.53. The first kappa shape index (κ1) is 21.2. The van der Waals surface area contributed by atoms with E-state index in [-0.39, 0.29) is 24.1 Å². The first-order valence-electron chi connectivity index (χ1n) is 12.0. The summed E-state index contributed by atoms with van der Waals surface area (Å²) < 4.78 is 11.3. The van der Waals surface area contributed by atoms with Crippen LogP contribution in [-0.2, 0) is 19.1 Å². The predicted octanol–water partition coefficient (Wildman–Crippen LogP) is 5.53. The Morgan fingerprint density at radius 2 is 1.55 bits per heavy atom. The van der Waals surface area contributed by atoms with Crippen LogP contribution in [0.25, 0.3) is 0 Å². The molecule has 9 atom stereocenters. The van der Waals surface area contributed by atoms with Crippen molar-refractivity contribution in [2.24, 2.45) is 40.4 Å². The molecule has 0 aromatic rings. The monoisotopic (exact) mass is 404 g/mol. The van der Waals surface area contributed by atoms with E-state index in [0.29, 0.717) is 22.7 Å². The largest absolute Gasteiger partial charge is 0.463 e. The lowest BCUT2D eigenvalue weighted by Crippen LogP contribution is -2.54. The van der Waals surface area contributed by atoms with E-state index in [1.807, 2.05) is 0 Å². The normalized spacial score (nSPS) is 47.3. The van der Waals surface area contributed by atoms with Crippen LogP contribution in [0.1, 0.15) is 92.4 Å². The molecule has 4 fully saturated rings. The lowest BCUT2D eigenvalue weighted by Gasteiger charge is -2.61. The summed E-state index contributed by atoms with van der Waals surface area (Å²) >= 11 is 0. The van der Waals surface area contributed by atoms with Crippen molar-refractivity contribution in [1.82, 2.24) is 0 Å². The highest BCUT2D eigenvalue weighted by atomic mass is 16.5. The number of rotatable bonds is 3.